The topological polar surface area (TPSA) is 59.4 Å². The van der Waals surface area contributed by atoms with Crippen LogP contribution in [0.4, 0.5) is 5.82 Å². The molecule has 2 heterocycles. The van der Waals surface area contributed by atoms with E-state index >= 15 is 0 Å². The monoisotopic (exact) mass is 326 g/mol. The molecule has 0 saturated carbocycles. The van der Waals surface area contributed by atoms with Crippen LogP contribution in [-0.4, -0.2) is 64.3 Å². The Morgan fingerprint density at radius 1 is 1.55 bits per heavy atom. The molecule has 1 aromatic heterocycles. The zero-order chi connectivity index (χ0) is 15.9. The predicted octanol–water partition coefficient (Wildman–Crippen LogP) is 1.03. The van der Waals surface area contributed by atoms with E-state index in [9.17, 15) is 4.79 Å². The second-order valence-electron chi connectivity index (χ2n) is 5.79. The number of aryl methyl sites for hydroxylation is 1. The van der Waals surface area contributed by atoms with Gasteiger partial charge in [0.05, 0.1) is 12.7 Å². The van der Waals surface area contributed by atoms with E-state index in [0.717, 1.165) is 32.0 Å². The molecule has 1 aromatic rings. The molecule has 7 heteroatoms. The van der Waals surface area contributed by atoms with Crippen LogP contribution >= 0.6 is 11.8 Å². The molecule has 0 aromatic carbocycles. The summed E-state index contributed by atoms with van der Waals surface area (Å²) in [5.41, 5.74) is -0.108. The van der Waals surface area contributed by atoms with E-state index in [2.05, 4.69) is 29.0 Å². The number of morpholine rings is 1. The fourth-order valence-corrected chi connectivity index (χ4v) is 3.19. The number of aromatic nitrogens is 2. The summed E-state index contributed by atoms with van der Waals surface area (Å²) in [4.78, 5) is 18.4. The van der Waals surface area contributed by atoms with Gasteiger partial charge in [0.1, 0.15) is 0 Å². The number of nitrogens with one attached hydrogen (secondary N) is 1. The molecule has 0 bridgehead atoms. The van der Waals surface area contributed by atoms with Crippen LogP contribution in [0, 0.1) is 0 Å². The molecular formula is C15H26N4O2S. The third kappa shape index (κ3) is 5.30. The summed E-state index contributed by atoms with van der Waals surface area (Å²) < 4.78 is 7.30. The van der Waals surface area contributed by atoms with Gasteiger partial charge < -0.3 is 14.6 Å². The van der Waals surface area contributed by atoms with Crippen molar-refractivity contribution in [3.05, 3.63) is 22.7 Å². The van der Waals surface area contributed by atoms with Gasteiger partial charge in [-0.15, -0.1) is 0 Å². The number of rotatable bonds is 7. The molecule has 0 spiro atoms. The van der Waals surface area contributed by atoms with Crippen LogP contribution in [-0.2, 0) is 11.8 Å². The van der Waals surface area contributed by atoms with Crippen LogP contribution in [0.15, 0.2) is 17.2 Å². The normalized spacial score (nSPS) is 19.5. The second kappa shape index (κ2) is 8.55. The van der Waals surface area contributed by atoms with Crippen LogP contribution in [0.25, 0.3) is 0 Å². The lowest BCUT2D eigenvalue weighted by Gasteiger charge is -2.33. The first-order valence-electron chi connectivity index (χ1n) is 7.77. The Bertz CT molecular complexity index is 521. The average molecular weight is 326 g/mol. The molecule has 0 amide bonds. The van der Waals surface area contributed by atoms with Crippen molar-refractivity contribution < 1.29 is 4.74 Å². The minimum Gasteiger partial charge on any atom is -0.374 e. The predicted molar refractivity (Wildman–Crippen MR) is 91.7 cm³/mol. The number of hydrogen-bond acceptors (Lipinski definition) is 6. The van der Waals surface area contributed by atoms with Crippen LogP contribution in [0.2, 0.25) is 0 Å². The van der Waals surface area contributed by atoms with Gasteiger partial charge in [0, 0.05) is 51.4 Å². The highest BCUT2D eigenvalue weighted by molar-refractivity contribution is 7.99. The molecule has 1 aliphatic heterocycles. The van der Waals surface area contributed by atoms with E-state index in [-0.39, 0.29) is 11.7 Å². The van der Waals surface area contributed by atoms with Crippen molar-refractivity contribution in [2.75, 3.05) is 43.9 Å². The Hall–Kier alpha value is -1.05. The molecule has 1 atom stereocenters. The maximum absolute atomic E-state index is 11.9. The Morgan fingerprint density at radius 2 is 2.36 bits per heavy atom. The van der Waals surface area contributed by atoms with Gasteiger partial charge in [0.2, 0.25) is 0 Å². The SMILES string of the molecule is CC(C)SCCN1CCOC(CNc2nccn(C)c2=O)C1. The molecule has 2 rings (SSSR count). The first kappa shape index (κ1) is 17.3. The lowest BCUT2D eigenvalue weighted by molar-refractivity contribution is -0.0188. The van der Waals surface area contributed by atoms with Crippen LogP contribution in [0.5, 0.6) is 0 Å². The van der Waals surface area contributed by atoms with Gasteiger partial charge in [-0.25, -0.2) is 4.98 Å². The van der Waals surface area contributed by atoms with Crippen molar-refractivity contribution in [3.63, 3.8) is 0 Å². The van der Waals surface area contributed by atoms with Crippen molar-refractivity contribution in [2.24, 2.45) is 7.05 Å². The Kier molecular flexibility index (Phi) is 6.72. The van der Waals surface area contributed by atoms with Gasteiger partial charge in [-0.2, -0.15) is 11.8 Å². The minimum absolute atomic E-state index is 0.101. The highest BCUT2D eigenvalue weighted by Crippen LogP contribution is 2.11. The average Bonchev–Trinajstić information content (AvgIpc) is 2.49. The van der Waals surface area contributed by atoms with E-state index in [1.54, 1.807) is 19.4 Å². The van der Waals surface area contributed by atoms with E-state index in [1.807, 2.05) is 11.8 Å². The molecule has 124 valence electrons. The molecule has 0 aliphatic carbocycles. The number of nitrogens with zero attached hydrogens (tertiary/aromatic N) is 3. The van der Waals surface area contributed by atoms with Crippen LogP contribution < -0.4 is 10.9 Å². The van der Waals surface area contributed by atoms with E-state index in [1.165, 1.54) is 4.57 Å². The summed E-state index contributed by atoms with van der Waals surface area (Å²) in [6.45, 7) is 8.79. The Balaban J connectivity index is 1.78. The van der Waals surface area contributed by atoms with Crippen LogP contribution in [0.1, 0.15) is 13.8 Å². The fourth-order valence-electron chi connectivity index (χ4n) is 2.35. The molecule has 1 aliphatic rings. The van der Waals surface area contributed by atoms with E-state index in [0.29, 0.717) is 17.6 Å². The van der Waals surface area contributed by atoms with E-state index in [4.69, 9.17) is 4.74 Å². The zero-order valence-corrected chi connectivity index (χ0v) is 14.4. The van der Waals surface area contributed by atoms with Gasteiger partial charge >= 0.3 is 0 Å². The van der Waals surface area contributed by atoms with E-state index < -0.39 is 0 Å². The maximum Gasteiger partial charge on any atom is 0.293 e. The third-order valence-electron chi connectivity index (χ3n) is 3.60. The quantitative estimate of drug-likeness (QED) is 0.808. The lowest BCUT2D eigenvalue weighted by atomic mass is 10.2. The number of hydrogen-bond donors (Lipinski definition) is 1. The van der Waals surface area contributed by atoms with Gasteiger partial charge in [-0.3, -0.25) is 9.69 Å². The summed E-state index contributed by atoms with van der Waals surface area (Å²) in [5, 5.41) is 3.80. The summed E-state index contributed by atoms with van der Waals surface area (Å²) >= 11 is 1.99. The zero-order valence-electron chi connectivity index (χ0n) is 13.6. The molecular weight excluding hydrogens is 300 g/mol. The van der Waals surface area contributed by atoms with Crippen LogP contribution in [0.3, 0.4) is 0 Å². The molecule has 0 radical (unpaired) electrons. The van der Waals surface area contributed by atoms with Gasteiger partial charge in [0.25, 0.3) is 5.56 Å². The van der Waals surface area contributed by atoms with Crippen molar-refractivity contribution in [3.8, 4) is 0 Å². The molecule has 6 nitrogen and oxygen atoms in total. The first-order chi connectivity index (χ1) is 10.6. The van der Waals surface area contributed by atoms with Crippen molar-refractivity contribution in [1.29, 1.82) is 0 Å². The summed E-state index contributed by atoms with van der Waals surface area (Å²) in [6.07, 6.45) is 3.38. The van der Waals surface area contributed by atoms with Gasteiger partial charge in [-0.05, 0) is 5.25 Å². The smallest absolute Gasteiger partial charge is 0.293 e. The Labute approximate surface area is 136 Å². The first-order valence-corrected chi connectivity index (χ1v) is 8.82. The van der Waals surface area contributed by atoms with Crippen molar-refractivity contribution in [2.45, 2.75) is 25.2 Å². The lowest BCUT2D eigenvalue weighted by Crippen LogP contribution is -2.46. The largest absolute Gasteiger partial charge is 0.374 e. The minimum atomic E-state index is -0.108. The molecule has 1 saturated heterocycles. The number of anilines is 1. The van der Waals surface area contributed by atoms with Crippen molar-refractivity contribution >= 4 is 17.6 Å². The molecule has 22 heavy (non-hydrogen) atoms. The fraction of sp³-hybridized carbons (Fsp3) is 0.733. The highest BCUT2D eigenvalue weighted by Gasteiger charge is 2.20. The number of ether oxygens (including phenoxy) is 1. The van der Waals surface area contributed by atoms with Gasteiger partial charge in [0.15, 0.2) is 5.82 Å². The third-order valence-corrected chi connectivity index (χ3v) is 4.68. The summed E-state index contributed by atoms with van der Waals surface area (Å²) in [7, 11) is 1.72. The highest BCUT2D eigenvalue weighted by atomic mass is 32.2. The second-order valence-corrected chi connectivity index (χ2v) is 7.47. The summed E-state index contributed by atoms with van der Waals surface area (Å²) in [5.74, 6) is 1.54. The van der Waals surface area contributed by atoms with Gasteiger partial charge in [-0.1, -0.05) is 13.8 Å². The molecule has 1 N–H and O–H groups in total. The standard InChI is InChI=1S/C15H26N4O2S/c1-12(2)22-9-7-19-6-8-21-13(11-19)10-17-14-15(20)18(3)5-4-16-14/h4-5,12-13H,6-11H2,1-3H3,(H,16,17). The maximum atomic E-state index is 11.9. The summed E-state index contributed by atoms with van der Waals surface area (Å²) in [6, 6.07) is 0. The van der Waals surface area contributed by atoms with Crippen molar-refractivity contribution in [1.82, 2.24) is 14.5 Å². The molecule has 1 unspecified atom stereocenters. The Morgan fingerprint density at radius 3 is 3.14 bits per heavy atom. The number of thioether (sulfide) groups is 1. The molecule has 1 fully saturated rings.